The fraction of sp³-hybridized carbons (Fsp3) is 0.588. The molecule has 5 nitrogen and oxygen atoms in total. The van der Waals surface area contributed by atoms with Crippen LogP contribution in [-0.4, -0.2) is 37.9 Å². The number of nitrogens with zero attached hydrogens (tertiary/aromatic N) is 1. The van der Waals surface area contributed by atoms with Gasteiger partial charge in [0.15, 0.2) is 0 Å². The zero-order valence-corrected chi connectivity index (χ0v) is 14.5. The molecule has 2 heterocycles. The second kappa shape index (κ2) is 5.53. The third kappa shape index (κ3) is 2.64. The molecule has 124 valence electrons. The first kappa shape index (κ1) is 16.3. The normalized spacial score (nSPS) is 22.7. The number of rotatable bonds is 3. The monoisotopic (exact) mass is 317 g/mol. The van der Waals surface area contributed by atoms with E-state index in [0.29, 0.717) is 12.2 Å². The van der Waals surface area contributed by atoms with Crippen LogP contribution >= 0.6 is 0 Å². The minimum absolute atomic E-state index is 0.135. The summed E-state index contributed by atoms with van der Waals surface area (Å²) in [7, 11) is 1.07. The van der Waals surface area contributed by atoms with Gasteiger partial charge in [-0.1, -0.05) is 6.07 Å². The number of anilines is 1. The number of hydrogen-bond acceptors (Lipinski definition) is 4. The van der Waals surface area contributed by atoms with Gasteiger partial charge < -0.3 is 18.9 Å². The van der Waals surface area contributed by atoms with Gasteiger partial charge in [0, 0.05) is 24.1 Å². The summed E-state index contributed by atoms with van der Waals surface area (Å²) < 4.78 is 17.9. The molecule has 0 unspecified atom stereocenters. The van der Waals surface area contributed by atoms with E-state index in [0.717, 1.165) is 24.1 Å². The molecule has 0 atom stereocenters. The van der Waals surface area contributed by atoms with E-state index in [2.05, 4.69) is 0 Å². The van der Waals surface area contributed by atoms with Crippen molar-refractivity contribution < 1.29 is 18.8 Å². The fourth-order valence-electron chi connectivity index (χ4n) is 3.05. The fourth-order valence-corrected chi connectivity index (χ4v) is 3.05. The van der Waals surface area contributed by atoms with Crippen LogP contribution in [0.5, 0.6) is 5.75 Å². The zero-order valence-electron chi connectivity index (χ0n) is 14.5. The van der Waals surface area contributed by atoms with Crippen molar-refractivity contribution in [2.75, 3.05) is 18.6 Å². The lowest BCUT2D eigenvalue weighted by atomic mass is 9.76. The standard InChI is InChI=1S/C17H24BNO4/c1-16(2)17(3,4)23-18(22-16)15-12(8-6-9-13(15)21-5)19-11-7-10-14(19)20/h6,8-9H,7,10-11H2,1-5H3. The Morgan fingerprint density at radius 2 is 1.83 bits per heavy atom. The third-order valence-electron chi connectivity index (χ3n) is 5.12. The summed E-state index contributed by atoms with van der Waals surface area (Å²) in [6.45, 7) is 8.79. The Morgan fingerprint density at radius 3 is 2.35 bits per heavy atom. The van der Waals surface area contributed by atoms with Gasteiger partial charge in [-0.15, -0.1) is 0 Å². The lowest BCUT2D eigenvalue weighted by Crippen LogP contribution is -2.41. The smallest absolute Gasteiger partial charge is 0.497 e. The maximum absolute atomic E-state index is 12.2. The highest BCUT2D eigenvalue weighted by Crippen LogP contribution is 2.38. The summed E-state index contributed by atoms with van der Waals surface area (Å²) >= 11 is 0. The van der Waals surface area contributed by atoms with Crippen LogP contribution in [0, 0.1) is 0 Å². The van der Waals surface area contributed by atoms with Gasteiger partial charge in [0.2, 0.25) is 5.91 Å². The highest BCUT2D eigenvalue weighted by molar-refractivity contribution is 6.65. The second-order valence-electron chi connectivity index (χ2n) is 7.13. The molecule has 2 saturated heterocycles. The molecule has 3 rings (SSSR count). The molecule has 0 saturated carbocycles. The molecule has 0 aliphatic carbocycles. The molecule has 0 aromatic heterocycles. The molecule has 0 N–H and O–H groups in total. The predicted octanol–water partition coefficient (Wildman–Crippen LogP) is 2.12. The van der Waals surface area contributed by atoms with Crippen molar-refractivity contribution in [2.45, 2.75) is 51.7 Å². The summed E-state index contributed by atoms with van der Waals surface area (Å²) in [5, 5.41) is 0. The molecule has 1 aromatic carbocycles. The summed E-state index contributed by atoms with van der Waals surface area (Å²) in [4.78, 5) is 14.0. The number of ether oxygens (including phenoxy) is 1. The summed E-state index contributed by atoms with van der Waals surface area (Å²) in [5.74, 6) is 0.816. The van der Waals surface area contributed by atoms with Crippen LogP contribution in [0.3, 0.4) is 0 Å². The van der Waals surface area contributed by atoms with Crippen LogP contribution in [0.4, 0.5) is 5.69 Å². The molecule has 23 heavy (non-hydrogen) atoms. The van der Waals surface area contributed by atoms with Crippen LogP contribution < -0.4 is 15.1 Å². The molecule has 2 fully saturated rings. The van der Waals surface area contributed by atoms with Crippen LogP contribution in [-0.2, 0) is 14.1 Å². The van der Waals surface area contributed by atoms with Crippen molar-refractivity contribution >= 4 is 24.2 Å². The lowest BCUT2D eigenvalue weighted by molar-refractivity contribution is -0.117. The summed E-state index contributed by atoms with van der Waals surface area (Å²) in [6.07, 6.45) is 1.46. The highest BCUT2D eigenvalue weighted by atomic mass is 16.7. The Bertz CT molecular complexity index is 613. The number of benzene rings is 1. The van der Waals surface area contributed by atoms with E-state index in [4.69, 9.17) is 14.0 Å². The Morgan fingerprint density at radius 1 is 1.17 bits per heavy atom. The van der Waals surface area contributed by atoms with Crippen molar-refractivity contribution in [1.29, 1.82) is 0 Å². The van der Waals surface area contributed by atoms with Crippen LogP contribution in [0.15, 0.2) is 18.2 Å². The van der Waals surface area contributed by atoms with E-state index in [1.807, 2.05) is 50.8 Å². The van der Waals surface area contributed by atoms with Gasteiger partial charge in [0.05, 0.1) is 18.3 Å². The minimum Gasteiger partial charge on any atom is -0.497 e. The third-order valence-corrected chi connectivity index (χ3v) is 5.12. The van der Waals surface area contributed by atoms with Gasteiger partial charge in [-0.3, -0.25) is 4.79 Å². The highest BCUT2D eigenvalue weighted by Gasteiger charge is 2.53. The average Bonchev–Trinajstić information content (AvgIpc) is 2.99. The Hall–Kier alpha value is -1.53. The van der Waals surface area contributed by atoms with Crippen molar-refractivity contribution in [3.05, 3.63) is 18.2 Å². The molecule has 2 aliphatic rings. The number of carbonyl (C=O) groups is 1. The summed E-state index contributed by atoms with van der Waals surface area (Å²) in [5.41, 5.74) is 0.740. The lowest BCUT2D eigenvalue weighted by Gasteiger charge is -2.32. The Labute approximate surface area is 138 Å². The van der Waals surface area contributed by atoms with E-state index in [1.165, 1.54) is 0 Å². The summed E-state index contributed by atoms with van der Waals surface area (Å²) in [6, 6.07) is 5.71. The molecule has 0 bridgehead atoms. The van der Waals surface area contributed by atoms with Crippen LogP contribution in [0.2, 0.25) is 0 Å². The number of methoxy groups -OCH3 is 1. The van der Waals surface area contributed by atoms with E-state index >= 15 is 0 Å². The van der Waals surface area contributed by atoms with E-state index in [1.54, 1.807) is 7.11 Å². The van der Waals surface area contributed by atoms with E-state index < -0.39 is 18.3 Å². The minimum atomic E-state index is -0.556. The molecular weight excluding hydrogens is 293 g/mol. The molecule has 1 aromatic rings. The topological polar surface area (TPSA) is 48.0 Å². The first-order chi connectivity index (χ1) is 10.8. The molecule has 0 radical (unpaired) electrons. The average molecular weight is 317 g/mol. The SMILES string of the molecule is COc1cccc(N2CCCC2=O)c1B1OC(C)(C)C(C)(C)O1. The van der Waals surface area contributed by atoms with Crippen LogP contribution in [0.25, 0.3) is 0 Å². The van der Waals surface area contributed by atoms with Crippen molar-refractivity contribution in [3.63, 3.8) is 0 Å². The number of carbonyl (C=O) groups excluding carboxylic acids is 1. The molecule has 1 amide bonds. The second-order valence-corrected chi connectivity index (χ2v) is 7.13. The quantitative estimate of drug-likeness (QED) is 0.801. The predicted molar refractivity (Wildman–Crippen MR) is 90.3 cm³/mol. The molecule has 0 spiro atoms. The van der Waals surface area contributed by atoms with Crippen LogP contribution in [0.1, 0.15) is 40.5 Å². The molecule has 6 heteroatoms. The first-order valence-corrected chi connectivity index (χ1v) is 8.10. The van der Waals surface area contributed by atoms with E-state index in [-0.39, 0.29) is 5.91 Å². The van der Waals surface area contributed by atoms with Gasteiger partial charge in [-0.05, 0) is 46.2 Å². The van der Waals surface area contributed by atoms with Gasteiger partial charge in [-0.2, -0.15) is 0 Å². The van der Waals surface area contributed by atoms with Gasteiger partial charge in [0.1, 0.15) is 5.75 Å². The largest absolute Gasteiger partial charge is 0.500 e. The maximum atomic E-state index is 12.2. The molecular formula is C17H24BNO4. The van der Waals surface area contributed by atoms with Crippen molar-refractivity contribution in [1.82, 2.24) is 0 Å². The van der Waals surface area contributed by atoms with E-state index in [9.17, 15) is 4.79 Å². The Kier molecular flexibility index (Phi) is 3.93. The maximum Gasteiger partial charge on any atom is 0.500 e. The zero-order chi connectivity index (χ0) is 16.8. The van der Waals surface area contributed by atoms with Gasteiger partial charge >= 0.3 is 7.12 Å². The van der Waals surface area contributed by atoms with Crippen molar-refractivity contribution in [3.8, 4) is 5.75 Å². The van der Waals surface area contributed by atoms with Crippen molar-refractivity contribution in [2.24, 2.45) is 0 Å². The number of hydrogen-bond donors (Lipinski definition) is 0. The Balaban J connectivity index is 2.06. The van der Waals surface area contributed by atoms with Gasteiger partial charge in [-0.25, -0.2) is 0 Å². The molecule has 2 aliphatic heterocycles. The number of amides is 1. The van der Waals surface area contributed by atoms with Gasteiger partial charge in [0.25, 0.3) is 0 Å². The first-order valence-electron chi connectivity index (χ1n) is 8.10.